The number of Topliss-reactive ketones (excluding diaryl/α,β-unsaturated/α-hetero) is 1. The van der Waals surface area contributed by atoms with E-state index in [0.29, 0.717) is 43.4 Å². The summed E-state index contributed by atoms with van der Waals surface area (Å²) in [5.41, 5.74) is 0.549. The minimum atomic E-state index is -1.65. The SMILES string of the molecule is C=CCOC(=O)N(CCCO)CCCOCc1c2c(c(OC(C)=O)c3cc4ccccc4cc13)C[C@@](OC(=O)[C@@H]1O[C@H]3CN(CC)C(=O)[C@@H]1O3)(C(C)=O)CC2. The summed E-state index contributed by atoms with van der Waals surface area (Å²) in [5, 5.41) is 12.6. The zero-order valence-electron chi connectivity index (χ0n) is 31.5. The molecule has 14 heteroatoms. The third kappa shape index (κ3) is 8.37. The third-order valence-corrected chi connectivity index (χ3v) is 10.4. The van der Waals surface area contributed by atoms with Crippen molar-refractivity contribution in [1.29, 1.82) is 0 Å². The zero-order valence-corrected chi connectivity index (χ0v) is 31.5. The van der Waals surface area contributed by atoms with Crippen molar-refractivity contribution in [2.75, 3.05) is 46.0 Å². The molecule has 0 spiro atoms. The second-order valence-electron chi connectivity index (χ2n) is 14.0. The second-order valence-corrected chi connectivity index (χ2v) is 14.0. The number of ether oxygens (including phenoxy) is 6. The van der Waals surface area contributed by atoms with Crippen LogP contribution in [0.15, 0.2) is 49.1 Å². The zero-order chi connectivity index (χ0) is 39.3. The van der Waals surface area contributed by atoms with E-state index in [2.05, 4.69) is 6.58 Å². The lowest BCUT2D eigenvalue weighted by Gasteiger charge is -2.38. The third-order valence-electron chi connectivity index (χ3n) is 10.4. The first-order chi connectivity index (χ1) is 26.5. The first-order valence-corrected chi connectivity index (χ1v) is 18.7. The van der Waals surface area contributed by atoms with Crippen LogP contribution in [0.25, 0.3) is 21.5 Å². The summed E-state index contributed by atoms with van der Waals surface area (Å²) in [6.07, 6.45) is -1.12. The molecule has 2 saturated heterocycles. The van der Waals surface area contributed by atoms with Crippen molar-refractivity contribution >= 4 is 51.3 Å². The number of benzene rings is 3. The lowest BCUT2D eigenvalue weighted by molar-refractivity contribution is -0.178. The molecule has 2 fully saturated rings. The fraction of sp³-hybridized carbons (Fsp3) is 0.488. The molecule has 2 amide bonds. The summed E-state index contributed by atoms with van der Waals surface area (Å²) in [7, 11) is 0. The van der Waals surface area contributed by atoms with Crippen molar-refractivity contribution in [3.05, 3.63) is 65.7 Å². The molecule has 2 aliphatic heterocycles. The molecule has 2 bridgehead atoms. The van der Waals surface area contributed by atoms with E-state index in [1.165, 1.54) is 24.8 Å². The van der Waals surface area contributed by atoms with Crippen molar-refractivity contribution in [3.63, 3.8) is 0 Å². The molecular weight excluding hydrogens is 712 g/mol. The second kappa shape index (κ2) is 17.3. The summed E-state index contributed by atoms with van der Waals surface area (Å²) in [5.74, 6) is -1.94. The van der Waals surface area contributed by atoms with Crippen LogP contribution in [0.4, 0.5) is 4.79 Å². The Morgan fingerprint density at radius 2 is 1.78 bits per heavy atom. The molecule has 1 aliphatic carbocycles. The smallest absolute Gasteiger partial charge is 0.410 e. The molecule has 0 saturated carbocycles. The predicted octanol–water partition coefficient (Wildman–Crippen LogP) is 4.16. The van der Waals surface area contributed by atoms with Crippen LogP contribution in [-0.4, -0.2) is 115 Å². The van der Waals surface area contributed by atoms with Crippen LogP contribution in [0.3, 0.4) is 0 Å². The highest BCUT2D eigenvalue weighted by atomic mass is 16.8. The van der Waals surface area contributed by atoms with Gasteiger partial charge in [0.05, 0.1) is 13.2 Å². The van der Waals surface area contributed by atoms with Crippen molar-refractivity contribution in [1.82, 2.24) is 9.80 Å². The summed E-state index contributed by atoms with van der Waals surface area (Å²) in [4.78, 5) is 68.7. The standard InChI is InChI=1S/C41H48N2O12/c1-5-18-51-40(49)43(15-9-17-44)16-10-19-50-24-33-29-13-14-41(25(3)45,55-39(48)37-36-38(47)42(6-2)23-34(53-36)54-37)22-32(29)35(52-26(4)46)31-21-28-12-8-7-11-27(28)20-30(31)33/h5,7-8,11-12,20-21,34,36-37,44H,1,6,9-10,13-19,22-24H2,2-4H3/t34-,36+,37+,41+/m0/s1. The maximum Gasteiger partial charge on any atom is 0.410 e. The minimum absolute atomic E-state index is 0.0663. The largest absolute Gasteiger partial charge is 0.449 e. The van der Waals surface area contributed by atoms with E-state index in [1.807, 2.05) is 43.3 Å². The van der Waals surface area contributed by atoms with Gasteiger partial charge < -0.3 is 43.3 Å². The Kier molecular flexibility index (Phi) is 12.5. The number of rotatable bonds is 16. The molecule has 4 atom stereocenters. The molecule has 3 aliphatic rings. The molecule has 2 heterocycles. The number of nitrogens with zero attached hydrogens (tertiary/aromatic N) is 2. The van der Waals surface area contributed by atoms with Crippen LogP contribution in [0, 0.1) is 0 Å². The summed E-state index contributed by atoms with van der Waals surface area (Å²) < 4.78 is 35.0. The number of likely N-dealkylation sites (N-methyl/N-ethyl adjacent to an activating group) is 1. The van der Waals surface area contributed by atoms with Gasteiger partial charge in [-0.25, -0.2) is 9.59 Å². The van der Waals surface area contributed by atoms with E-state index in [0.717, 1.165) is 27.3 Å². The number of ketones is 1. The van der Waals surface area contributed by atoms with Crippen LogP contribution >= 0.6 is 0 Å². The lowest BCUT2D eigenvalue weighted by atomic mass is 9.74. The van der Waals surface area contributed by atoms with Gasteiger partial charge in [-0.1, -0.05) is 36.9 Å². The number of carbonyl (C=O) groups excluding carboxylic acids is 5. The van der Waals surface area contributed by atoms with Crippen LogP contribution in [0.2, 0.25) is 0 Å². The van der Waals surface area contributed by atoms with Gasteiger partial charge in [0.15, 0.2) is 29.9 Å². The van der Waals surface area contributed by atoms with Crippen LogP contribution < -0.4 is 4.74 Å². The highest BCUT2D eigenvalue weighted by molar-refractivity contribution is 6.05. The molecule has 0 radical (unpaired) electrons. The van der Waals surface area contributed by atoms with E-state index >= 15 is 0 Å². The molecule has 3 aromatic carbocycles. The van der Waals surface area contributed by atoms with Crippen molar-refractivity contribution in [2.24, 2.45) is 0 Å². The average Bonchev–Trinajstić information content (AvgIpc) is 3.55. The molecule has 0 unspecified atom stereocenters. The van der Waals surface area contributed by atoms with Crippen molar-refractivity contribution in [2.45, 2.75) is 83.6 Å². The molecule has 294 valence electrons. The van der Waals surface area contributed by atoms with Crippen molar-refractivity contribution < 1.29 is 57.5 Å². The fourth-order valence-corrected chi connectivity index (χ4v) is 7.65. The number of amides is 2. The first-order valence-electron chi connectivity index (χ1n) is 18.7. The number of hydrogen-bond acceptors (Lipinski definition) is 12. The number of hydrogen-bond donors (Lipinski definition) is 1. The molecule has 3 aromatic rings. The Bertz CT molecular complexity index is 1980. The highest BCUT2D eigenvalue weighted by Gasteiger charge is 2.54. The number of fused-ring (bicyclic) bond motifs is 5. The summed E-state index contributed by atoms with van der Waals surface area (Å²) >= 11 is 0. The Morgan fingerprint density at radius 1 is 1.05 bits per heavy atom. The summed E-state index contributed by atoms with van der Waals surface area (Å²) in [6, 6.07) is 11.8. The number of aliphatic hydroxyl groups is 1. The van der Waals surface area contributed by atoms with Gasteiger partial charge in [0, 0.05) is 57.1 Å². The lowest BCUT2D eigenvalue weighted by Crippen LogP contribution is -2.53. The Hall–Kier alpha value is -4.89. The average molecular weight is 761 g/mol. The van der Waals surface area contributed by atoms with Crippen LogP contribution in [0.1, 0.15) is 56.7 Å². The van der Waals surface area contributed by atoms with Gasteiger partial charge in [0.25, 0.3) is 5.91 Å². The van der Waals surface area contributed by atoms with Gasteiger partial charge >= 0.3 is 18.0 Å². The first kappa shape index (κ1) is 39.8. The minimum Gasteiger partial charge on any atom is -0.449 e. The Morgan fingerprint density at radius 3 is 2.45 bits per heavy atom. The fourth-order valence-electron chi connectivity index (χ4n) is 7.65. The normalized spacial score (nSPS) is 21.6. The van der Waals surface area contributed by atoms with E-state index in [1.54, 1.807) is 4.90 Å². The molecule has 6 rings (SSSR count). The van der Waals surface area contributed by atoms with E-state index in [9.17, 15) is 29.1 Å². The summed E-state index contributed by atoms with van der Waals surface area (Å²) in [6.45, 7) is 9.80. The van der Waals surface area contributed by atoms with Gasteiger partial charge in [0.2, 0.25) is 0 Å². The van der Waals surface area contributed by atoms with Gasteiger partial charge in [-0.2, -0.15) is 0 Å². The molecule has 55 heavy (non-hydrogen) atoms. The van der Waals surface area contributed by atoms with Crippen LogP contribution in [0.5, 0.6) is 5.75 Å². The van der Waals surface area contributed by atoms with Crippen LogP contribution in [-0.2, 0) is 62.3 Å². The van der Waals surface area contributed by atoms with Gasteiger partial charge in [0.1, 0.15) is 12.4 Å². The predicted molar refractivity (Wildman–Crippen MR) is 199 cm³/mol. The highest BCUT2D eigenvalue weighted by Crippen LogP contribution is 2.46. The van der Waals surface area contributed by atoms with Gasteiger partial charge in [-0.05, 0) is 78.9 Å². The van der Waals surface area contributed by atoms with E-state index in [4.69, 9.17) is 28.4 Å². The number of esters is 2. The quantitative estimate of drug-likeness (QED) is 0.0729. The van der Waals surface area contributed by atoms with Gasteiger partial charge in [-0.3, -0.25) is 14.4 Å². The Balaban J connectivity index is 1.32. The number of morpholine rings is 1. The van der Waals surface area contributed by atoms with Gasteiger partial charge in [-0.15, -0.1) is 0 Å². The Labute approximate surface area is 319 Å². The van der Waals surface area contributed by atoms with E-state index in [-0.39, 0.29) is 63.9 Å². The number of aliphatic hydroxyl groups excluding tert-OH is 1. The number of carbonyl (C=O) groups is 5. The topological polar surface area (TPSA) is 167 Å². The molecule has 14 nitrogen and oxygen atoms in total. The maximum absolute atomic E-state index is 13.8. The monoisotopic (exact) mass is 760 g/mol. The maximum atomic E-state index is 13.8. The van der Waals surface area contributed by atoms with E-state index < -0.39 is 47.9 Å². The molecule has 1 N–H and O–H groups in total. The molecule has 0 aromatic heterocycles. The molecular formula is C41H48N2O12. The van der Waals surface area contributed by atoms with Crippen molar-refractivity contribution in [3.8, 4) is 5.75 Å².